The maximum Gasteiger partial charge on any atom is 0.0896 e. The molecule has 3 rings (SSSR count). The van der Waals surface area contributed by atoms with E-state index >= 15 is 0 Å². The normalized spacial score (nSPS) is 13.1. The van der Waals surface area contributed by atoms with Crippen molar-refractivity contribution in [3.63, 3.8) is 0 Å². The number of aromatic nitrogens is 1. The highest BCUT2D eigenvalue weighted by atomic mass is 14.9. The summed E-state index contributed by atoms with van der Waals surface area (Å²) in [4.78, 5) is 4.43. The summed E-state index contributed by atoms with van der Waals surface area (Å²) in [6.07, 6.45) is 5.01. The number of benzene rings is 1. The Balaban J connectivity index is 1.89. The van der Waals surface area contributed by atoms with E-state index in [-0.39, 0.29) is 0 Å². The van der Waals surface area contributed by atoms with Gasteiger partial charge in [0.25, 0.3) is 0 Å². The number of hydrogen-bond acceptors (Lipinski definition) is 2. The SMILES string of the molecule is Cc1cccc(NC2=CCc3cccnc32)c1. The largest absolute Gasteiger partial charge is 0.354 e. The number of hydrogen-bond donors (Lipinski definition) is 1. The number of pyridine rings is 1. The van der Waals surface area contributed by atoms with Crippen LogP contribution >= 0.6 is 0 Å². The number of nitrogens with one attached hydrogen (secondary N) is 1. The van der Waals surface area contributed by atoms with E-state index in [9.17, 15) is 0 Å². The highest BCUT2D eigenvalue weighted by molar-refractivity contribution is 5.79. The molecular weight excluding hydrogens is 208 g/mol. The van der Waals surface area contributed by atoms with Gasteiger partial charge in [0.1, 0.15) is 0 Å². The smallest absolute Gasteiger partial charge is 0.0896 e. The van der Waals surface area contributed by atoms with E-state index < -0.39 is 0 Å². The molecule has 0 unspecified atom stereocenters. The van der Waals surface area contributed by atoms with E-state index in [2.05, 4.69) is 53.6 Å². The fourth-order valence-electron chi connectivity index (χ4n) is 2.14. The molecule has 1 heterocycles. The summed E-state index contributed by atoms with van der Waals surface area (Å²) in [6, 6.07) is 12.5. The van der Waals surface area contributed by atoms with Gasteiger partial charge in [0.15, 0.2) is 0 Å². The van der Waals surface area contributed by atoms with Crippen molar-refractivity contribution in [2.24, 2.45) is 0 Å². The summed E-state index contributed by atoms with van der Waals surface area (Å²) < 4.78 is 0. The molecule has 1 aromatic heterocycles. The number of anilines is 1. The minimum Gasteiger partial charge on any atom is -0.354 e. The Bertz CT molecular complexity index is 585. The molecule has 0 saturated heterocycles. The van der Waals surface area contributed by atoms with Crippen LogP contribution < -0.4 is 5.32 Å². The number of aryl methyl sites for hydroxylation is 1. The van der Waals surface area contributed by atoms with Crippen LogP contribution in [-0.4, -0.2) is 4.98 Å². The molecule has 0 bridgehead atoms. The topological polar surface area (TPSA) is 24.9 Å². The zero-order valence-corrected chi connectivity index (χ0v) is 9.77. The predicted octanol–water partition coefficient (Wildman–Crippen LogP) is 3.40. The first-order valence-electron chi connectivity index (χ1n) is 5.81. The molecule has 0 spiro atoms. The Labute approximate surface area is 101 Å². The Morgan fingerprint density at radius 1 is 1.18 bits per heavy atom. The first kappa shape index (κ1) is 10.1. The van der Waals surface area contributed by atoms with Crippen molar-refractivity contribution >= 4 is 11.4 Å². The first-order valence-corrected chi connectivity index (χ1v) is 5.81. The molecule has 1 N–H and O–H groups in total. The van der Waals surface area contributed by atoms with Gasteiger partial charge >= 0.3 is 0 Å². The third-order valence-corrected chi connectivity index (χ3v) is 2.97. The molecule has 0 saturated carbocycles. The molecule has 0 amide bonds. The van der Waals surface area contributed by atoms with Crippen molar-refractivity contribution in [2.75, 3.05) is 5.32 Å². The van der Waals surface area contributed by atoms with Gasteiger partial charge < -0.3 is 5.32 Å². The van der Waals surface area contributed by atoms with Crippen LogP contribution in [-0.2, 0) is 6.42 Å². The third-order valence-electron chi connectivity index (χ3n) is 2.97. The Kier molecular flexibility index (Phi) is 2.41. The van der Waals surface area contributed by atoms with E-state index in [0.717, 1.165) is 23.5 Å². The minimum absolute atomic E-state index is 0.970. The number of nitrogens with zero attached hydrogens (tertiary/aromatic N) is 1. The van der Waals surface area contributed by atoms with Crippen LogP contribution in [0.1, 0.15) is 16.8 Å². The lowest BCUT2D eigenvalue weighted by molar-refractivity contribution is 1.20. The second-order valence-corrected chi connectivity index (χ2v) is 4.33. The summed E-state index contributed by atoms with van der Waals surface area (Å²) in [6.45, 7) is 2.10. The van der Waals surface area contributed by atoms with Crippen LogP contribution in [0, 0.1) is 6.92 Å². The molecule has 0 atom stereocenters. The van der Waals surface area contributed by atoms with Crippen molar-refractivity contribution in [2.45, 2.75) is 13.3 Å². The van der Waals surface area contributed by atoms with Gasteiger partial charge in [0.2, 0.25) is 0 Å². The van der Waals surface area contributed by atoms with E-state index in [1.54, 1.807) is 0 Å². The van der Waals surface area contributed by atoms with Crippen LogP contribution in [0.4, 0.5) is 5.69 Å². The second-order valence-electron chi connectivity index (χ2n) is 4.33. The fraction of sp³-hybridized carbons (Fsp3) is 0.133. The lowest BCUT2D eigenvalue weighted by Gasteiger charge is -2.09. The van der Waals surface area contributed by atoms with Crippen LogP contribution in [0.25, 0.3) is 5.70 Å². The molecule has 1 aliphatic rings. The fourth-order valence-corrected chi connectivity index (χ4v) is 2.14. The van der Waals surface area contributed by atoms with Crippen LogP contribution in [0.2, 0.25) is 0 Å². The first-order chi connectivity index (χ1) is 8.33. The van der Waals surface area contributed by atoms with E-state index in [1.807, 2.05) is 12.3 Å². The van der Waals surface area contributed by atoms with Crippen molar-refractivity contribution in [1.29, 1.82) is 0 Å². The summed E-state index contributed by atoms with van der Waals surface area (Å²) in [5.41, 5.74) is 5.87. The van der Waals surface area contributed by atoms with Crippen LogP contribution in [0.3, 0.4) is 0 Å². The lowest BCUT2D eigenvalue weighted by atomic mass is 10.2. The Morgan fingerprint density at radius 2 is 2.12 bits per heavy atom. The molecular formula is C15H14N2. The summed E-state index contributed by atoms with van der Waals surface area (Å²) in [5.74, 6) is 0. The standard InChI is InChI=1S/C15H14N2/c1-11-4-2-6-13(10-11)17-14-8-7-12-5-3-9-16-15(12)14/h2-6,8-10,17H,7H2,1H3. The van der Waals surface area contributed by atoms with E-state index in [4.69, 9.17) is 0 Å². The van der Waals surface area contributed by atoms with Gasteiger partial charge in [-0.25, -0.2) is 0 Å². The highest BCUT2D eigenvalue weighted by Crippen LogP contribution is 2.26. The maximum atomic E-state index is 4.43. The molecule has 2 aromatic rings. The zero-order valence-electron chi connectivity index (χ0n) is 9.77. The molecule has 1 aromatic carbocycles. The lowest BCUT2D eigenvalue weighted by Crippen LogP contribution is -1.99. The van der Waals surface area contributed by atoms with Crippen LogP contribution in [0.15, 0.2) is 48.7 Å². The van der Waals surface area contributed by atoms with Gasteiger partial charge in [0.05, 0.1) is 11.4 Å². The molecule has 0 aliphatic heterocycles. The average molecular weight is 222 g/mol. The molecule has 0 fully saturated rings. The second kappa shape index (κ2) is 4.06. The van der Waals surface area contributed by atoms with Gasteiger partial charge in [-0.15, -0.1) is 0 Å². The van der Waals surface area contributed by atoms with Crippen LogP contribution in [0.5, 0.6) is 0 Å². The molecule has 84 valence electrons. The highest BCUT2D eigenvalue weighted by Gasteiger charge is 2.14. The van der Waals surface area contributed by atoms with Gasteiger partial charge in [-0.05, 0) is 42.7 Å². The quantitative estimate of drug-likeness (QED) is 0.842. The number of fused-ring (bicyclic) bond motifs is 1. The summed E-state index contributed by atoms with van der Waals surface area (Å²) in [7, 11) is 0. The van der Waals surface area contributed by atoms with E-state index in [0.29, 0.717) is 0 Å². The molecule has 0 radical (unpaired) electrons. The summed E-state index contributed by atoms with van der Waals surface area (Å²) >= 11 is 0. The molecule has 1 aliphatic carbocycles. The third kappa shape index (κ3) is 1.94. The monoisotopic (exact) mass is 222 g/mol. The molecule has 2 heteroatoms. The average Bonchev–Trinajstić information content (AvgIpc) is 2.73. The van der Waals surface area contributed by atoms with Gasteiger partial charge in [-0.2, -0.15) is 0 Å². The zero-order chi connectivity index (χ0) is 11.7. The van der Waals surface area contributed by atoms with Crippen molar-refractivity contribution in [1.82, 2.24) is 4.98 Å². The van der Waals surface area contributed by atoms with Crippen molar-refractivity contribution in [3.8, 4) is 0 Å². The number of rotatable bonds is 2. The van der Waals surface area contributed by atoms with Gasteiger partial charge in [0, 0.05) is 11.9 Å². The van der Waals surface area contributed by atoms with E-state index in [1.165, 1.54) is 11.1 Å². The van der Waals surface area contributed by atoms with Crippen molar-refractivity contribution < 1.29 is 0 Å². The van der Waals surface area contributed by atoms with Gasteiger partial charge in [-0.1, -0.05) is 24.3 Å². The van der Waals surface area contributed by atoms with Gasteiger partial charge in [-0.3, -0.25) is 4.98 Å². The minimum atomic E-state index is 0.970. The summed E-state index contributed by atoms with van der Waals surface area (Å²) in [5, 5.41) is 3.44. The Hall–Kier alpha value is -2.09. The Morgan fingerprint density at radius 3 is 3.00 bits per heavy atom. The van der Waals surface area contributed by atoms with Crippen molar-refractivity contribution in [3.05, 3.63) is 65.5 Å². The predicted molar refractivity (Wildman–Crippen MR) is 70.7 cm³/mol. The maximum absolute atomic E-state index is 4.43. The molecule has 17 heavy (non-hydrogen) atoms. The number of allylic oxidation sites excluding steroid dienone is 1. The molecule has 2 nitrogen and oxygen atoms in total.